The molecule has 1 aromatic rings. The second kappa shape index (κ2) is 6.85. The number of thioether (sulfide) groups is 1. The van der Waals surface area contributed by atoms with Gasteiger partial charge in [0, 0.05) is 11.4 Å². The van der Waals surface area contributed by atoms with Gasteiger partial charge in [0.25, 0.3) is 0 Å². The Morgan fingerprint density at radius 1 is 1.33 bits per heavy atom. The van der Waals surface area contributed by atoms with Crippen LogP contribution in [0.1, 0.15) is 25.8 Å². The summed E-state index contributed by atoms with van der Waals surface area (Å²) in [7, 11) is 0. The topological polar surface area (TPSA) is 12.0 Å². The Hall–Kier alpha value is -0.540. The van der Waals surface area contributed by atoms with Gasteiger partial charge in [0.05, 0.1) is 0 Å². The Labute approximate surface area is 95.5 Å². The molecule has 0 saturated heterocycles. The Bertz CT molecular complexity index is 302. The van der Waals surface area contributed by atoms with E-state index in [1.165, 1.54) is 0 Å². The normalized spacial score (nSPS) is 10.6. The van der Waals surface area contributed by atoms with Crippen LogP contribution < -0.4 is 5.32 Å². The summed E-state index contributed by atoms with van der Waals surface area (Å²) in [5.74, 6) is 0.882. The zero-order valence-corrected chi connectivity index (χ0v) is 10.2. The molecule has 0 spiro atoms. The van der Waals surface area contributed by atoms with Crippen LogP contribution in [0.3, 0.4) is 0 Å². The first-order chi connectivity index (χ1) is 7.27. The van der Waals surface area contributed by atoms with Crippen molar-refractivity contribution in [3.63, 3.8) is 0 Å². The molecule has 0 saturated carbocycles. The van der Waals surface area contributed by atoms with Crippen molar-refractivity contribution in [1.29, 1.82) is 0 Å². The highest BCUT2D eigenvalue weighted by Crippen LogP contribution is 2.23. The van der Waals surface area contributed by atoms with E-state index in [1.54, 1.807) is 17.8 Å². The Morgan fingerprint density at radius 3 is 2.73 bits per heavy atom. The van der Waals surface area contributed by atoms with Gasteiger partial charge in [0.15, 0.2) is 0 Å². The van der Waals surface area contributed by atoms with E-state index >= 15 is 0 Å². The molecule has 0 fully saturated rings. The number of benzene rings is 1. The van der Waals surface area contributed by atoms with Crippen molar-refractivity contribution in [2.45, 2.75) is 31.7 Å². The summed E-state index contributed by atoms with van der Waals surface area (Å²) >= 11 is 1.58. The van der Waals surface area contributed by atoms with Crippen molar-refractivity contribution in [2.75, 3.05) is 12.3 Å². The third kappa shape index (κ3) is 4.22. The Balaban J connectivity index is 2.61. The van der Waals surface area contributed by atoms with Gasteiger partial charge in [0.1, 0.15) is 5.82 Å². The average Bonchev–Trinajstić information content (AvgIpc) is 2.25. The first-order valence-corrected chi connectivity index (χ1v) is 6.38. The van der Waals surface area contributed by atoms with E-state index in [4.69, 9.17) is 0 Å². The Kier molecular flexibility index (Phi) is 5.73. The predicted octanol–water partition coefficient (Wildman–Crippen LogP) is 3.44. The van der Waals surface area contributed by atoms with Gasteiger partial charge in [-0.25, -0.2) is 4.39 Å². The first-order valence-electron chi connectivity index (χ1n) is 5.39. The van der Waals surface area contributed by atoms with Gasteiger partial charge in [-0.3, -0.25) is 0 Å². The monoisotopic (exact) mass is 227 g/mol. The molecule has 1 aromatic carbocycles. The summed E-state index contributed by atoms with van der Waals surface area (Å²) < 4.78 is 13.6. The molecule has 0 atom stereocenters. The van der Waals surface area contributed by atoms with Gasteiger partial charge < -0.3 is 5.32 Å². The third-order valence-electron chi connectivity index (χ3n) is 2.04. The molecule has 0 unspecified atom stereocenters. The van der Waals surface area contributed by atoms with Crippen LogP contribution in [0.4, 0.5) is 4.39 Å². The molecular formula is C12H18FNS. The predicted molar refractivity (Wildman–Crippen MR) is 64.8 cm³/mol. The quantitative estimate of drug-likeness (QED) is 0.747. The summed E-state index contributed by atoms with van der Waals surface area (Å²) in [5, 5.41) is 3.18. The summed E-state index contributed by atoms with van der Waals surface area (Å²) in [5.41, 5.74) is 1.01. The second-order valence-corrected chi connectivity index (χ2v) is 4.53. The molecule has 0 aliphatic rings. The van der Waals surface area contributed by atoms with E-state index in [0.29, 0.717) is 0 Å². The van der Waals surface area contributed by atoms with Crippen LogP contribution in [0.25, 0.3) is 0 Å². The van der Waals surface area contributed by atoms with E-state index in [9.17, 15) is 4.39 Å². The fourth-order valence-corrected chi connectivity index (χ4v) is 2.04. The van der Waals surface area contributed by atoms with Crippen molar-refractivity contribution >= 4 is 11.8 Å². The molecule has 84 valence electrons. The molecule has 0 amide bonds. The van der Waals surface area contributed by atoms with Crippen LogP contribution in [0.2, 0.25) is 0 Å². The number of hydrogen-bond acceptors (Lipinski definition) is 2. The number of nitrogens with one attached hydrogen (secondary N) is 1. The third-order valence-corrected chi connectivity index (χ3v) is 3.29. The standard InChI is InChI=1S/C12H18FNS/c1-3-7-15-12-6-5-10(8-11(12)13)9-14-4-2/h5-6,8,14H,3-4,7,9H2,1-2H3. The molecule has 1 rings (SSSR count). The van der Waals surface area contributed by atoms with Crippen molar-refractivity contribution in [1.82, 2.24) is 5.32 Å². The van der Waals surface area contributed by atoms with Gasteiger partial charge in [0.2, 0.25) is 0 Å². The highest BCUT2D eigenvalue weighted by molar-refractivity contribution is 7.99. The lowest BCUT2D eigenvalue weighted by molar-refractivity contribution is 0.596. The lowest BCUT2D eigenvalue weighted by atomic mass is 10.2. The van der Waals surface area contributed by atoms with E-state index < -0.39 is 0 Å². The summed E-state index contributed by atoms with van der Waals surface area (Å²) in [6.07, 6.45) is 1.07. The molecule has 0 aromatic heterocycles. The number of halogens is 1. The van der Waals surface area contributed by atoms with Gasteiger partial charge in [-0.2, -0.15) is 0 Å². The van der Waals surface area contributed by atoms with Crippen molar-refractivity contribution in [3.8, 4) is 0 Å². The fraction of sp³-hybridized carbons (Fsp3) is 0.500. The largest absolute Gasteiger partial charge is 0.313 e. The fourth-order valence-electron chi connectivity index (χ4n) is 1.25. The molecule has 0 radical (unpaired) electrons. The maximum atomic E-state index is 13.6. The maximum absolute atomic E-state index is 13.6. The first kappa shape index (κ1) is 12.5. The van der Waals surface area contributed by atoms with Crippen molar-refractivity contribution in [3.05, 3.63) is 29.6 Å². The minimum atomic E-state index is -0.0937. The minimum Gasteiger partial charge on any atom is -0.313 e. The lowest BCUT2D eigenvalue weighted by Gasteiger charge is -2.05. The summed E-state index contributed by atoms with van der Waals surface area (Å²) in [4.78, 5) is 0.761. The Morgan fingerprint density at radius 2 is 2.13 bits per heavy atom. The van der Waals surface area contributed by atoms with E-state index in [2.05, 4.69) is 12.2 Å². The van der Waals surface area contributed by atoms with E-state index in [0.717, 1.165) is 35.7 Å². The van der Waals surface area contributed by atoms with Gasteiger partial charge in [-0.05, 0) is 36.4 Å². The molecule has 1 N–H and O–H groups in total. The van der Waals surface area contributed by atoms with Crippen LogP contribution in [-0.2, 0) is 6.54 Å². The lowest BCUT2D eigenvalue weighted by Crippen LogP contribution is -2.11. The molecule has 0 aliphatic heterocycles. The molecule has 0 aliphatic carbocycles. The van der Waals surface area contributed by atoms with Crippen molar-refractivity contribution in [2.24, 2.45) is 0 Å². The summed E-state index contributed by atoms with van der Waals surface area (Å²) in [6.45, 7) is 5.80. The van der Waals surface area contributed by atoms with Gasteiger partial charge in [-0.15, -0.1) is 11.8 Å². The molecule has 0 heterocycles. The molecule has 3 heteroatoms. The second-order valence-electron chi connectivity index (χ2n) is 3.39. The SMILES string of the molecule is CCCSc1ccc(CNCC)cc1F. The maximum Gasteiger partial charge on any atom is 0.137 e. The number of rotatable bonds is 6. The molecule has 15 heavy (non-hydrogen) atoms. The van der Waals surface area contributed by atoms with Crippen LogP contribution >= 0.6 is 11.8 Å². The van der Waals surface area contributed by atoms with E-state index in [1.807, 2.05) is 19.1 Å². The highest BCUT2D eigenvalue weighted by Gasteiger charge is 2.03. The van der Waals surface area contributed by atoms with Crippen LogP contribution in [0.5, 0.6) is 0 Å². The average molecular weight is 227 g/mol. The van der Waals surface area contributed by atoms with Crippen LogP contribution in [-0.4, -0.2) is 12.3 Å². The highest BCUT2D eigenvalue weighted by atomic mass is 32.2. The van der Waals surface area contributed by atoms with E-state index in [-0.39, 0.29) is 5.82 Å². The zero-order chi connectivity index (χ0) is 11.1. The molecular weight excluding hydrogens is 209 g/mol. The minimum absolute atomic E-state index is 0.0937. The van der Waals surface area contributed by atoms with Gasteiger partial charge in [-0.1, -0.05) is 19.9 Å². The summed E-state index contributed by atoms with van der Waals surface area (Å²) in [6, 6.07) is 5.49. The van der Waals surface area contributed by atoms with Crippen molar-refractivity contribution < 1.29 is 4.39 Å². The molecule has 0 bridgehead atoms. The molecule has 1 nitrogen and oxygen atoms in total. The van der Waals surface area contributed by atoms with Gasteiger partial charge >= 0.3 is 0 Å². The van der Waals surface area contributed by atoms with Crippen LogP contribution in [0.15, 0.2) is 23.1 Å². The zero-order valence-electron chi connectivity index (χ0n) is 9.35. The van der Waals surface area contributed by atoms with Crippen LogP contribution in [0, 0.1) is 5.82 Å². The number of hydrogen-bond donors (Lipinski definition) is 1. The smallest absolute Gasteiger partial charge is 0.137 e.